The van der Waals surface area contributed by atoms with Crippen LogP contribution in [0.1, 0.15) is 28.4 Å². The fourth-order valence-electron chi connectivity index (χ4n) is 2.44. The lowest BCUT2D eigenvalue weighted by Crippen LogP contribution is -2.34. The molecule has 0 saturated heterocycles. The first-order chi connectivity index (χ1) is 12.1. The molecule has 0 bridgehead atoms. The van der Waals surface area contributed by atoms with Crippen molar-refractivity contribution < 1.29 is 19.1 Å². The Bertz CT molecular complexity index is 700. The zero-order valence-electron chi connectivity index (χ0n) is 14.6. The maximum Gasteiger partial charge on any atom is 0.338 e. The number of methoxy groups -OCH3 is 1. The number of carbonyl (C=O) groups is 2. The second-order valence-corrected chi connectivity index (χ2v) is 5.60. The Morgan fingerprint density at radius 2 is 1.72 bits per heavy atom. The van der Waals surface area contributed by atoms with Crippen molar-refractivity contribution in [1.29, 1.82) is 0 Å². The second-order valence-electron chi connectivity index (χ2n) is 5.60. The molecule has 0 aliphatic rings. The lowest BCUT2D eigenvalue weighted by Gasteiger charge is -2.20. The van der Waals surface area contributed by atoms with Gasteiger partial charge in [-0.2, -0.15) is 0 Å². The Labute approximate surface area is 148 Å². The lowest BCUT2D eigenvalue weighted by atomic mass is 10.1. The highest BCUT2D eigenvalue weighted by atomic mass is 16.5. The predicted molar refractivity (Wildman–Crippen MR) is 95.0 cm³/mol. The topological polar surface area (TPSA) is 55.8 Å². The molecule has 0 aliphatic carbocycles. The van der Waals surface area contributed by atoms with Crippen LogP contribution < -0.4 is 0 Å². The van der Waals surface area contributed by atoms with Crippen molar-refractivity contribution in [2.24, 2.45) is 0 Å². The van der Waals surface area contributed by atoms with E-state index in [1.165, 1.54) is 0 Å². The molecule has 5 heteroatoms. The van der Waals surface area contributed by atoms with E-state index in [1.54, 1.807) is 30.2 Å². The van der Waals surface area contributed by atoms with Gasteiger partial charge in [-0.05, 0) is 30.2 Å². The molecule has 0 atom stereocenters. The molecule has 2 aromatic carbocycles. The number of rotatable bonds is 8. The molecule has 0 heterocycles. The summed E-state index contributed by atoms with van der Waals surface area (Å²) in [7, 11) is 1.59. The van der Waals surface area contributed by atoms with Crippen LogP contribution in [0.25, 0.3) is 0 Å². The Morgan fingerprint density at radius 1 is 1.00 bits per heavy atom. The molecule has 0 N–H and O–H groups in total. The number of benzene rings is 2. The lowest BCUT2D eigenvalue weighted by molar-refractivity contribution is -0.134. The van der Waals surface area contributed by atoms with Gasteiger partial charge in [0.2, 0.25) is 0 Å². The van der Waals surface area contributed by atoms with Crippen molar-refractivity contribution in [3.8, 4) is 0 Å². The third-order valence-corrected chi connectivity index (χ3v) is 3.75. The van der Waals surface area contributed by atoms with Crippen LogP contribution in [0.3, 0.4) is 0 Å². The molecule has 5 nitrogen and oxygen atoms in total. The molecule has 132 valence electrons. The number of hydrogen-bond acceptors (Lipinski definition) is 4. The van der Waals surface area contributed by atoms with E-state index in [-0.39, 0.29) is 12.5 Å². The van der Waals surface area contributed by atoms with Crippen molar-refractivity contribution in [1.82, 2.24) is 4.90 Å². The molecule has 0 aliphatic heterocycles. The number of esters is 1. The summed E-state index contributed by atoms with van der Waals surface area (Å²) in [5.41, 5.74) is 2.33. The van der Waals surface area contributed by atoms with E-state index in [1.807, 2.05) is 43.3 Å². The van der Waals surface area contributed by atoms with Crippen molar-refractivity contribution in [2.45, 2.75) is 20.1 Å². The Hall–Kier alpha value is -2.66. The van der Waals surface area contributed by atoms with Crippen molar-refractivity contribution >= 4 is 11.9 Å². The number of hydrogen-bond donors (Lipinski definition) is 0. The van der Waals surface area contributed by atoms with Gasteiger partial charge in [0.1, 0.15) is 0 Å². The molecule has 25 heavy (non-hydrogen) atoms. The largest absolute Gasteiger partial charge is 0.452 e. The predicted octanol–water partition coefficient (Wildman–Crippen LogP) is 3.04. The van der Waals surface area contributed by atoms with Gasteiger partial charge in [-0.25, -0.2) is 4.79 Å². The molecular weight excluding hydrogens is 318 g/mol. The molecular formula is C20H23NO4. The number of nitrogens with zero attached hydrogens (tertiary/aromatic N) is 1. The molecule has 0 spiro atoms. The van der Waals surface area contributed by atoms with Gasteiger partial charge in [-0.3, -0.25) is 4.79 Å². The first kappa shape index (κ1) is 18.7. The van der Waals surface area contributed by atoms with Crippen LogP contribution >= 0.6 is 0 Å². The van der Waals surface area contributed by atoms with Crippen LogP contribution in [0, 0.1) is 0 Å². The first-order valence-corrected chi connectivity index (χ1v) is 8.20. The van der Waals surface area contributed by atoms with E-state index >= 15 is 0 Å². The normalized spacial score (nSPS) is 10.3. The summed E-state index contributed by atoms with van der Waals surface area (Å²) < 4.78 is 10.2. The fourth-order valence-corrected chi connectivity index (χ4v) is 2.44. The van der Waals surface area contributed by atoms with Crippen molar-refractivity contribution in [2.75, 3.05) is 20.3 Å². The fraction of sp³-hybridized carbons (Fsp3) is 0.300. The summed E-state index contributed by atoms with van der Waals surface area (Å²) in [6.45, 7) is 3.09. The van der Waals surface area contributed by atoms with Gasteiger partial charge >= 0.3 is 5.97 Å². The number of ether oxygens (including phenoxy) is 2. The summed E-state index contributed by atoms with van der Waals surface area (Å²) >= 11 is 0. The van der Waals surface area contributed by atoms with Crippen LogP contribution in [-0.4, -0.2) is 37.0 Å². The number of amides is 1. The molecule has 2 aromatic rings. The van der Waals surface area contributed by atoms with E-state index in [4.69, 9.17) is 9.47 Å². The molecule has 0 radical (unpaired) electrons. The van der Waals surface area contributed by atoms with Gasteiger partial charge < -0.3 is 14.4 Å². The quantitative estimate of drug-likeness (QED) is 0.693. The van der Waals surface area contributed by atoms with Gasteiger partial charge in [-0.15, -0.1) is 0 Å². The van der Waals surface area contributed by atoms with Gasteiger partial charge in [0.05, 0.1) is 12.2 Å². The average molecular weight is 341 g/mol. The molecule has 0 aromatic heterocycles. The van der Waals surface area contributed by atoms with Crippen LogP contribution in [-0.2, 0) is 27.4 Å². The zero-order valence-corrected chi connectivity index (χ0v) is 14.6. The summed E-state index contributed by atoms with van der Waals surface area (Å²) in [4.78, 5) is 26.1. The number of likely N-dealkylation sites (N-methyl/N-ethyl adjacent to an activating group) is 1. The van der Waals surface area contributed by atoms with Crippen LogP contribution in [0.2, 0.25) is 0 Å². The summed E-state index contributed by atoms with van der Waals surface area (Å²) in [6, 6.07) is 16.7. The summed E-state index contributed by atoms with van der Waals surface area (Å²) in [5.74, 6) is -0.727. The molecule has 0 saturated carbocycles. The van der Waals surface area contributed by atoms with E-state index in [9.17, 15) is 9.59 Å². The van der Waals surface area contributed by atoms with Crippen LogP contribution in [0.5, 0.6) is 0 Å². The molecule has 1 amide bonds. The van der Waals surface area contributed by atoms with Crippen molar-refractivity contribution in [3.63, 3.8) is 0 Å². The maximum atomic E-state index is 12.3. The monoisotopic (exact) mass is 341 g/mol. The Kier molecular flexibility index (Phi) is 7.16. The van der Waals surface area contributed by atoms with Gasteiger partial charge in [0.25, 0.3) is 5.91 Å². The third kappa shape index (κ3) is 5.72. The van der Waals surface area contributed by atoms with Gasteiger partial charge in [0, 0.05) is 20.2 Å². The second kappa shape index (κ2) is 9.59. The van der Waals surface area contributed by atoms with Crippen molar-refractivity contribution in [3.05, 3.63) is 71.3 Å². The highest BCUT2D eigenvalue weighted by molar-refractivity contribution is 5.91. The maximum absolute atomic E-state index is 12.3. The highest BCUT2D eigenvalue weighted by Crippen LogP contribution is 2.09. The molecule has 0 fully saturated rings. The smallest absolute Gasteiger partial charge is 0.338 e. The zero-order chi connectivity index (χ0) is 18.1. The number of carbonyl (C=O) groups excluding carboxylic acids is 2. The van der Waals surface area contributed by atoms with Gasteiger partial charge in [0.15, 0.2) is 6.61 Å². The van der Waals surface area contributed by atoms with E-state index in [0.717, 1.165) is 11.1 Å². The average Bonchev–Trinajstić information content (AvgIpc) is 2.65. The molecule has 0 unspecified atom stereocenters. The third-order valence-electron chi connectivity index (χ3n) is 3.75. The SMILES string of the molecule is CCN(Cc1ccccc1)C(=O)COC(=O)c1cccc(COC)c1. The minimum atomic E-state index is -0.512. The minimum Gasteiger partial charge on any atom is -0.452 e. The minimum absolute atomic E-state index is 0.215. The van der Waals surface area contributed by atoms with Crippen LogP contribution in [0.4, 0.5) is 0 Å². The highest BCUT2D eigenvalue weighted by Gasteiger charge is 2.16. The first-order valence-electron chi connectivity index (χ1n) is 8.20. The van der Waals surface area contributed by atoms with Gasteiger partial charge in [-0.1, -0.05) is 42.5 Å². The van der Waals surface area contributed by atoms with Crippen LogP contribution in [0.15, 0.2) is 54.6 Å². The summed E-state index contributed by atoms with van der Waals surface area (Å²) in [6.07, 6.45) is 0. The standard InChI is InChI=1S/C20H23NO4/c1-3-21(13-16-8-5-4-6-9-16)19(22)15-25-20(23)18-11-7-10-17(12-18)14-24-2/h4-12H,3,13-15H2,1-2H3. The Morgan fingerprint density at radius 3 is 2.40 bits per heavy atom. The van der Waals surface area contributed by atoms with E-state index < -0.39 is 5.97 Å². The summed E-state index contributed by atoms with van der Waals surface area (Å²) in [5, 5.41) is 0. The Balaban J connectivity index is 1.91. The van der Waals surface area contributed by atoms with E-state index in [0.29, 0.717) is 25.3 Å². The van der Waals surface area contributed by atoms with E-state index in [2.05, 4.69) is 0 Å². The molecule has 2 rings (SSSR count).